The molecular formula is C21H12Cl2N2O4S. The summed E-state index contributed by atoms with van der Waals surface area (Å²) in [5.41, 5.74) is 1.06. The summed E-state index contributed by atoms with van der Waals surface area (Å²) in [5.74, 6) is -1.90. The first-order valence-corrected chi connectivity index (χ1v) is 10.5. The Kier molecular flexibility index (Phi) is 4.18. The lowest BCUT2D eigenvalue weighted by atomic mass is 9.74. The number of carboxylic acid groups (broad SMARTS) is 1. The predicted molar refractivity (Wildman–Crippen MR) is 116 cm³/mol. The number of hydrogen-bond donors (Lipinski definition) is 3. The number of halogens is 2. The molecule has 1 atom stereocenters. The lowest BCUT2D eigenvalue weighted by Crippen LogP contribution is -2.42. The minimum atomic E-state index is -1.34. The normalized spacial score (nSPS) is 19.3. The number of anilines is 2. The van der Waals surface area contributed by atoms with Gasteiger partial charge in [0.2, 0.25) is 11.8 Å². The van der Waals surface area contributed by atoms with Crippen LogP contribution >= 0.6 is 34.5 Å². The van der Waals surface area contributed by atoms with Gasteiger partial charge in [0.05, 0.1) is 17.0 Å². The Bertz CT molecular complexity index is 1270. The average molecular weight is 459 g/mol. The summed E-state index contributed by atoms with van der Waals surface area (Å²) in [4.78, 5) is 38.6. The van der Waals surface area contributed by atoms with E-state index >= 15 is 0 Å². The molecule has 9 heteroatoms. The fourth-order valence-corrected chi connectivity index (χ4v) is 5.74. The van der Waals surface area contributed by atoms with Crippen LogP contribution in [0.25, 0.3) is 11.1 Å². The molecule has 1 aromatic heterocycles. The van der Waals surface area contributed by atoms with Crippen molar-refractivity contribution in [3.63, 3.8) is 0 Å². The molecule has 0 saturated heterocycles. The topological polar surface area (TPSA) is 95.5 Å². The van der Waals surface area contributed by atoms with E-state index < -0.39 is 11.4 Å². The van der Waals surface area contributed by atoms with Gasteiger partial charge in [-0.05, 0) is 41.5 Å². The average Bonchev–Trinajstić information content (AvgIpc) is 3.20. The van der Waals surface area contributed by atoms with Gasteiger partial charge in [-0.3, -0.25) is 9.59 Å². The van der Waals surface area contributed by atoms with Gasteiger partial charge in [0.1, 0.15) is 10.3 Å². The molecule has 1 spiro atoms. The number of rotatable bonds is 2. The van der Waals surface area contributed by atoms with E-state index in [1.165, 1.54) is 0 Å². The van der Waals surface area contributed by atoms with Gasteiger partial charge in [-0.2, -0.15) is 0 Å². The van der Waals surface area contributed by atoms with Crippen LogP contribution in [0.3, 0.4) is 0 Å². The second kappa shape index (κ2) is 6.57. The van der Waals surface area contributed by atoms with Crippen molar-refractivity contribution in [2.45, 2.75) is 11.8 Å². The van der Waals surface area contributed by atoms with Crippen molar-refractivity contribution in [2.24, 2.45) is 0 Å². The van der Waals surface area contributed by atoms with Crippen molar-refractivity contribution in [3.8, 4) is 11.1 Å². The number of amides is 2. The molecule has 2 aromatic carbocycles. The molecule has 150 valence electrons. The van der Waals surface area contributed by atoms with Crippen molar-refractivity contribution in [1.29, 1.82) is 0 Å². The van der Waals surface area contributed by atoms with E-state index in [0.717, 1.165) is 11.3 Å². The smallest absolute Gasteiger partial charge is 0.346 e. The van der Waals surface area contributed by atoms with Crippen molar-refractivity contribution >= 4 is 63.7 Å². The van der Waals surface area contributed by atoms with E-state index in [4.69, 9.17) is 23.2 Å². The van der Waals surface area contributed by atoms with E-state index in [1.54, 1.807) is 42.5 Å². The summed E-state index contributed by atoms with van der Waals surface area (Å²) in [6, 6.07) is 11.6. The molecule has 5 rings (SSSR count). The van der Waals surface area contributed by atoms with Gasteiger partial charge in [-0.1, -0.05) is 35.3 Å². The Morgan fingerprint density at radius 3 is 2.43 bits per heavy atom. The third kappa shape index (κ3) is 2.59. The molecule has 0 radical (unpaired) electrons. The van der Waals surface area contributed by atoms with E-state index in [-0.39, 0.29) is 23.1 Å². The quantitative estimate of drug-likeness (QED) is 0.503. The molecule has 3 aromatic rings. The second-order valence-corrected chi connectivity index (χ2v) is 8.99. The number of carbonyl (C=O) groups excluding carboxylic acids is 2. The highest BCUT2D eigenvalue weighted by Crippen LogP contribution is 2.56. The Morgan fingerprint density at radius 1 is 1.03 bits per heavy atom. The number of nitrogens with one attached hydrogen (secondary N) is 2. The number of thiophene rings is 1. The van der Waals surface area contributed by atoms with E-state index in [2.05, 4.69) is 10.6 Å². The molecular weight excluding hydrogens is 447 g/mol. The summed E-state index contributed by atoms with van der Waals surface area (Å²) in [7, 11) is 0. The Balaban J connectivity index is 1.85. The number of carbonyl (C=O) groups is 3. The van der Waals surface area contributed by atoms with Crippen molar-refractivity contribution in [2.75, 3.05) is 10.6 Å². The Labute approximate surface area is 184 Å². The van der Waals surface area contributed by atoms with E-state index in [0.29, 0.717) is 43.0 Å². The van der Waals surface area contributed by atoms with Gasteiger partial charge >= 0.3 is 5.97 Å². The monoisotopic (exact) mass is 458 g/mol. The number of aromatic carboxylic acids is 1. The minimum Gasteiger partial charge on any atom is -0.477 e. The van der Waals surface area contributed by atoms with Crippen LogP contribution < -0.4 is 10.6 Å². The zero-order valence-corrected chi connectivity index (χ0v) is 17.4. The molecule has 2 aliphatic rings. The second-order valence-electron chi connectivity index (χ2n) is 7.10. The summed E-state index contributed by atoms with van der Waals surface area (Å²) in [5, 5.41) is 16.4. The SMILES string of the molecule is O=C1C[C@]2(C(=O)Nc3ccc(Cl)cc32)c2sc(C(=O)O)c(-c3ccc(Cl)cc3)c2N1. The van der Waals surface area contributed by atoms with Crippen molar-refractivity contribution in [1.82, 2.24) is 0 Å². The first-order chi connectivity index (χ1) is 14.3. The van der Waals surface area contributed by atoms with Crippen LogP contribution in [0.2, 0.25) is 10.0 Å². The lowest BCUT2D eigenvalue weighted by Gasteiger charge is -2.31. The standard InChI is InChI=1S/C21H12Cl2N2O4S/c22-10-3-1-9(2-4-10)15-16-18(30-17(15)19(27)28)21(8-14(26)25-16)12-7-11(23)5-6-13(12)24-20(21)29/h1-7H,8H2,(H,24,29)(H,25,26)(H,27,28)/t21-/m1/s1. The van der Waals surface area contributed by atoms with Crippen LogP contribution in [0.5, 0.6) is 0 Å². The Morgan fingerprint density at radius 2 is 1.73 bits per heavy atom. The summed E-state index contributed by atoms with van der Waals surface area (Å²) >= 11 is 13.2. The highest BCUT2D eigenvalue weighted by molar-refractivity contribution is 7.15. The third-order valence-electron chi connectivity index (χ3n) is 5.39. The number of benzene rings is 2. The fraction of sp³-hybridized carbons (Fsp3) is 0.0952. The molecule has 2 aliphatic heterocycles. The van der Waals surface area contributed by atoms with Crippen LogP contribution in [-0.4, -0.2) is 22.9 Å². The maximum atomic E-state index is 13.2. The zero-order valence-electron chi connectivity index (χ0n) is 15.1. The van der Waals surface area contributed by atoms with Gasteiger partial charge in [-0.15, -0.1) is 11.3 Å². The molecule has 0 saturated carbocycles. The minimum absolute atomic E-state index is 0.0344. The summed E-state index contributed by atoms with van der Waals surface area (Å²) in [6.45, 7) is 0. The van der Waals surface area contributed by atoms with Gasteiger partial charge < -0.3 is 15.7 Å². The number of hydrogen-bond acceptors (Lipinski definition) is 4. The highest BCUT2D eigenvalue weighted by atomic mass is 35.5. The summed E-state index contributed by atoms with van der Waals surface area (Å²) < 4.78 is 0. The fourth-order valence-electron chi connectivity index (χ4n) is 4.13. The molecule has 0 bridgehead atoms. The van der Waals surface area contributed by atoms with Gasteiger partial charge in [0.25, 0.3) is 0 Å². The predicted octanol–water partition coefficient (Wildman–Crippen LogP) is 5.00. The molecule has 2 amide bonds. The number of carboxylic acids is 1. The molecule has 0 unspecified atom stereocenters. The molecule has 3 N–H and O–H groups in total. The Hall–Kier alpha value is -2.87. The van der Waals surface area contributed by atoms with Crippen LogP contribution in [0, 0.1) is 0 Å². The molecule has 30 heavy (non-hydrogen) atoms. The molecule has 0 aliphatic carbocycles. The van der Waals surface area contributed by atoms with Gasteiger partial charge in [0.15, 0.2) is 0 Å². The number of fused-ring (bicyclic) bond motifs is 4. The van der Waals surface area contributed by atoms with Crippen molar-refractivity contribution in [3.05, 3.63) is 67.8 Å². The first-order valence-electron chi connectivity index (χ1n) is 8.89. The van der Waals surface area contributed by atoms with Crippen LogP contribution in [0.1, 0.15) is 26.5 Å². The third-order valence-corrected chi connectivity index (χ3v) is 7.22. The van der Waals surface area contributed by atoms with Gasteiger partial charge in [0, 0.05) is 21.3 Å². The lowest BCUT2D eigenvalue weighted by molar-refractivity contribution is -0.125. The van der Waals surface area contributed by atoms with Crippen LogP contribution in [0.15, 0.2) is 42.5 Å². The van der Waals surface area contributed by atoms with E-state index in [1.807, 2.05) is 0 Å². The molecule has 3 heterocycles. The first kappa shape index (κ1) is 19.1. The van der Waals surface area contributed by atoms with Crippen molar-refractivity contribution < 1.29 is 19.5 Å². The van der Waals surface area contributed by atoms with Crippen LogP contribution in [0.4, 0.5) is 11.4 Å². The van der Waals surface area contributed by atoms with Gasteiger partial charge in [-0.25, -0.2) is 4.79 Å². The maximum Gasteiger partial charge on any atom is 0.346 e. The molecule has 6 nitrogen and oxygen atoms in total. The van der Waals surface area contributed by atoms with Crippen LogP contribution in [-0.2, 0) is 15.0 Å². The zero-order chi connectivity index (χ0) is 21.2. The summed E-state index contributed by atoms with van der Waals surface area (Å²) in [6.07, 6.45) is -0.140. The maximum absolute atomic E-state index is 13.2. The molecule has 0 fully saturated rings. The highest BCUT2D eigenvalue weighted by Gasteiger charge is 2.55. The largest absolute Gasteiger partial charge is 0.477 e. The van der Waals surface area contributed by atoms with E-state index in [9.17, 15) is 19.5 Å².